The van der Waals surface area contributed by atoms with Crippen molar-refractivity contribution < 1.29 is 9.59 Å². The highest BCUT2D eigenvalue weighted by Gasteiger charge is 2.66. The van der Waals surface area contributed by atoms with Gasteiger partial charge in [-0.1, -0.05) is 103 Å². The number of aryl methyl sites for hydroxylation is 1. The average molecular weight is 443 g/mol. The molecule has 1 unspecified atom stereocenters. The Morgan fingerprint density at radius 2 is 1.21 bits per heavy atom. The van der Waals surface area contributed by atoms with Gasteiger partial charge in [-0.3, -0.25) is 9.59 Å². The molecule has 0 radical (unpaired) electrons. The Labute approximate surface area is 198 Å². The number of ketones is 2. The van der Waals surface area contributed by atoms with Crippen LogP contribution in [-0.4, -0.2) is 22.8 Å². The molecule has 1 aliphatic heterocycles. The molecule has 0 fully saturated rings. The van der Waals surface area contributed by atoms with Gasteiger partial charge in [0.15, 0.2) is 11.6 Å². The Kier molecular flexibility index (Phi) is 4.56. The zero-order valence-electron chi connectivity index (χ0n) is 18.7. The van der Waals surface area contributed by atoms with Gasteiger partial charge in [0.05, 0.1) is 17.3 Å². The molecule has 2 aliphatic rings. The van der Waals surface area contributed by atoms with Gasteiger partial charge in [-0.25, -0.2) is 5.01 Å². The van der Waals surface area contributed by atoms with Crippen molar-refractivity contribution >= 4 is 23.0 Å². The van der Waals surface area contributed by atoms with Crippen molar-refractivity contribution in [2.45, 2.75) is 18.4 Å². The summed E-state index contributed by atoms with van der Waals surface area (Å²) in [6.07, 6.45) is 0. The van der Waals surface area contributed by atoms with Gasteiger partial charge in [0.25, 0.3) is 0 Å². The second kappa shape index (κ2) is 7.63. The fraction of sp³-hybridized carbons (Fsp3) is 0.100. The van der Waals surface area contributed by atoms with E-state index in [9.17, 15) is 9.59 Å². The van der Waals surface area contributed by atoms with E-state index in [2.05, 4.69) is 0 Å². The fourth-order valence-corrected chi connectivity index (χ4v) is 5.23. The van der Waals surface area contributed by atoms with Crippen LogP contribution in [0.2, 0.25) is 0 Å². The second-order valence-corrected chi connectivity index (χ2v) is 8.81. The van der Waals surface area contributed by atoms with Gasteiger partial charge in [0.1, 0.15) is 0 Å². The third kappa shape index (κ3) is 2.75. The SMILES string of the molecule is Cc1ccc(C2C(c3ccccc3)=NN(c3ccccc3)C23C(=O)c2ccccc2C3=O)cc1. The number of anilines is 1. The minimum atomic E-state index is -1.52. The standard InChI is InChI=1S/C30H22N2O2/c1-20-16-18-21(19-17-20)26-27(22-10-4-2-5-11-22)31-32(23-12-6-3-7-13-23)30(26)28(33)24-14-8-9-15-25(24)29(30)34/h2-19,26H,1H3. The number of hydrogen-bond acceptors (Lipinski definition) is 4. The van der Waals surface area contributed by atoms with E-state index in [4.69, 9.17) is 5.10 Å². The number of rotatable bonds is 3. The molecule has 164 valence electrons. The van der Waals surface area contributed by atoms with E-state index in [1.54, 1.807) is 17.1 Å². The third-order valence-corrected chi connectivity index (χ3v) is 6.82. The molecule has 1 heterocycles. The number of para-hydroxylation sites is 1. The van der Waals surface area contributed by atoms with Crippen LogP contribution in [0.3, 0.4) is 0 Å². The Hall–Kier alpha value is -4.31. The number of nitrogens with zero attached hydrogens (tertiary/aromatic N) is 2. The molecule has 4 aromatic carbocycles. The smallest absolute Gasteiger partial charge is 0.201 e. The zero-order valence-corrected chi connectivity index (χ0v) is 18.7. The Morgan fingerprint density at radius 1 is 0.676 bits per heavy atom. The van der Waals surface area contributed by atoms with E-state index in [0.717, 1.165) is 16.7 Å². The number of fused-ring (bicyclic) bond motifs is 1. The van der Waals surface area contributed by atoms with Crippen LogP contribution >= 0.6 is 0 Å². The molecular formula is C30H22N2O2. The van der Waals surface area contributed by atoms with Crippen molar-refractivity contribution in [1.29, 1.82) is 0 Å². The molecule has 0 amide bonds. The number of benzene rings is 4. The molecule has 1 spiro atoms. The normalized spacial score (nSPS) is 18.3. The number of hydrazone groups is 1. The minimum Gasteiger partial charge on any atom is -0.291 e. The summed E-state index contributed by atoms with van der Waals surface area (Å²) < 4.78 is 0. The van der Waals surface area contributed by atoms with Crippen molar-refractivity contribution in [3.63, 3.8) is 0 Å². The number of carbonyl (C=O) groups is 2. The first-order chi connectivity index (χ1) is 16.6. The van der Waals surface area contributed by atoms with Crippen LogP contribution in [0.25, 0.3) is 0 Å². The number of carbonyl (C=O) groups excluding carboxylic acids is 2. The maximum absolute atomic E-state index is 14.3. The summed E-state index contributed by atoms with van der Waals surface area (Å²) in [5.74, 6) is -0.988. The summed E-state index contributed by atoms with van der Waals surface area (Å²) in [4.78, 5) is 28.6. The molecule has 0 bridgehead atoms. The molecule has 0 N–H and O–H groups in total. The summed E-state index contributed by atoms with van der Waals surface area (Å²) in [7, 11) is 0. The topological polar surface area (TPSA) is 49.7 Å². The fourth-order valence-electron chi connectivity index (χ4n) is 5.23. The monoisotopic (exact) mass is 442 g/mol. The molecule has 4 aromatic rings. The first-order valence-corrected chi connectivity index (χ1v) is 11.4. The average Bonchev–Trinajstić information content (AvgIpc) is 3.36. The minimum absolute atomic E-state index is 0.211. The molecule has 0 saturated carbocycles. The van der Waals surface area contributed by atoms with Crippen LogP contribution in [-0.2, 0) is 0 Å². The van der Waals surface area contributed by atoms with Crippen LogP contribution in [0.15, 0.2) is 114 Å². The predicted molar refractivity (Wildman–Crippen MR) is 134 cm³/mol. The zero-order chi connectivity index (χ0) is 23.3. The van der Waals surface area contributed by atoms with Gasteiger partial charge in [0.2, 0.25) is 5.54 Å². The van der Waals surface area contributed by atoms with E-state index in [1.807, 2.05) is 104 Å². The van der Waals surface area contributed by atoms with Crippen LogP contribution in [0.1, 0.15) is 43.3 Å². The van der Waals surface area contributed by atoms with Crippen molar-refractivity contribution in [2.24, 2.45) is 5.10 Å². The van der Waals surface area contributed by atoms with E-state index in [1.165, 1.54) is 0 Å². The molecule has 0 saturated heterocycles. The lowest BCUT2D eigenvalue weighted by Gasteiger charge is -2.36. The van der Waals surface area contributed by atoms with Gasteiger partial charge in [-0.15, -0.1) is 0 Å². The van der Waals surface area contributed by atoms with Crippen LogP contribution in [0, 0.1) is 6.92 Å². The molecule has 0 aromatic heterocycles. The number of Topliss-reactive ketones (excluding diaryl/α,β-unsaturated/α-hetero) is 2. The van der Waals surface area contributed by atoms with Crippen LogP contribution in [0.5, 0.6) is 0 Å². The molecule has 1 aliphatic carbocycles. The Morgan fingerprint density at radius 3 is 1.79 bits per heavy atom. The van der Waals surface area contributed by atoms with Crippen molar-refractivity contribution in [3.05, 3.63) is 137 Å². The largest absolute Gasteiger partial charge is 0.291 e. The third-order valence-electron chi connectivity index (χ3n) is 6.82. The molecule has 4 nitrogen and oxygen atoms in total. The van der Waals surface area contributed by atoms with E-state index in [-0.39, 0.29) is 11.6 Å². The predicted octanol–water partition coefficient (Wildman–Crippen LogP) is 5.82. The van der Waals surface area contributed by atoms with Crippen molar-refractivity contribution in [2.75, 3.05) is 5.01 Å². The van der Waals surface area contributed by atoms with Gasteiger partial charge in [-0.2, -0.15) is 5.10 Å². The van der Waals surface area contributed by atoms with Crippen LogP contribution < -0.4 is 5.01 Å². The quantitative estimate of drug-likeness (QED) is 0.376. The van der Waals surface area contributed by atoms with E-state index >= 15 is 0 Å². The number of hydrogen-bond donors (Lipinski definition) is 0. The summed E-state index contributed by atoms with van der Waals surface area (Å²) in [6.45, 7) is 2.03. The van der Waals surface area contributed by atoms with Gasteiger partial charge in [0, 0.05) is 11.1 Å². The summed E-state index contributed by atoms with van der Waals surface area (Å²) in [5, 5.41) is 6.71. The maximum Gasteiger partial charge on any atom is 0.201 e. The van der Waals surface area contributed by atoms with Gasteiger partial charge < -0.3 is 0 Å². The lowest BCUT2D eigenvalue weighted by Crippen LogP contribution is -2.57. The highest BCUT2D eigenvalue weighted by molar-refractivity contribution is 6.38. The van der Waals surface area contributed by atoms with Crippen LogP contribution in [0.4, 0.5) is 5.69 Å². The Balaban J connectivity index is 1.68. The van der Waals surface area contributed by atoms with E-state index in [0.29, 0.717) is 22.5 Å². The Bertz CT molecular complexity index is 1410. The van der Waals surface area contributed by atoms with Gasteiger partial charge in [-0.05, 0) is 30.2 Å². The lowest BCUT2D eigenvalue weighted by atomic mass is 9.72. The highest BCUT2D eigenvalue weighted by atomic mass is 16.2. The van der Waals surface area contributed by atoms with Crippen molar-refractivity contribution in [3.8, 4) is 0 Å². The second-order valence-electron chi connectivity index (χ2n) is 8.81. The van der Waals surface area contributed by atoms with E-state index < -0.39 is 11.5 Å². The highest BCUT2D eigenvalue weighted by Crippen LogP contribution is 2.51. The molecule has 1 atom stereocenters. The first kappa shape index (κ1) is 20.3. The summed E-state index contributed by atoms with van der Waals surface area (Å²) in [5.41, 5.74) is 3.70. The summed E-state index contributed by atoms with van der Waals surface area (Å²) >= 11 is 0. The maximum atomic E-state index is 14.3. The molecule has 6 rings (SSSR count). The molecule has 34 heavy (non-hydrogen) atoms. The van der Waals surface area contributed by atoms with Gasteiger partial charge >= 0.3 is 0 Å². The lowest BCUT2D eigenvalue weighted by molar-refractivity contribution is 0.0791. The summed E-state index contributed by atoms with van der Waals surface area (Å²) in [6, 6.07) is 34.5. The van der Waals surface area contributed by atoms with Crippen molar-refractivity contribution in [1.82, 2.24) is 0 Å². The first-order valence-electron chi connectivity index (χ1n) is 11.4. The molecule has 4 heteroatoms. The molecular weight excluding hydrogens is 420 g/mol.